The minimum atomic E-state index is -0.543. The van der Waals surface area contributed by atoms with Crippen molar-refractivity contribution in [3.8, 4) is 5.75 Å². The number of nitrogens with zero attached hydrogens (tertiary/aromatic N) is 1. The molecule has 0 aromatic heterocycles. The predicted octanol–water partition coefficient (Wildman–Crippen LogP) is 1.08. The van der Waals surface area contributed by atoms with Crippen LogP contribution in [0.2, 0.25) is 0 Å². The van der Waals surface area contributed by atoms with E-state index < -0.39 is 6.04 Å². The number of amides is 2. The van der Waals surface area contributed by atoms with Crippen molar-refractivity contribution in [1.82, 2.24) is 4.90 Å². The first-order chi connectivity index (χ1) is 9.81. The quantitative estimate of drug-likeness (QED) is 0.822. The molecule has 21 heavy (non-hydrogen) atoms. The van der Waals surface area contributed by atoms with Gasteiger partial charge in [-0.2, -0.15) is 0 Å². The third kappa shape index (κ3) is 5.43. The van der Waals surface area contributed by atoms with Crippen molar-refractivity contribution in [2.45, 2.75) is 19.9 Å². The van der Waals surface area contributed by atoms with Gasteiger partial charge < -0.3 is 20.7 Å². The lowest BCUT2D eigenvalue weighted by atomic mass is 10.1. The van der Waals surface area contributed by atoms with Crippen molar-refractivity contribution in [3.63, 3.8) is 0 Å². The fourth-order valence-corrected chi connectivity index (χ4v) is 1.44. The van der Waals surface area contributed by atoms with Gasteiger partial charge in [-0.3, -0.25) is 9.59 Å². The lowest BCUT2D eigenvalue weighted by Crippen LogP contribution is -2.39. The second-order valence-corrected chi connectivity index (χ2v) is 5.36. The molecule has 1 atom stereocenters. The third-order valence-corrected chi connectivity index (χ3v) is 3.00. The summed E-state index contributed by atoms with van der Waals surface area (Å²) in [7, 11) is 3.34. The molecular weight excluding hydrogens is 270 g/mol. The van der Waals surface area contributed by atoms with E-state index in [9.17, 15) is 9.59 Å². The molecule has 0 radical (unpaired) electrons. The number of carbonyl (C=O) groups is 2. The van der Waals surface area contributed by atoms with Crippen LogP contribution in [0, 0.1) is 5.92 Å². The van der Waals surface area contributed by atoms with E-state index in [0.717, 1.165) is 0 Å². The maximum atomic E-state index is 11.8. The summed E-state index contributed by atoms with van der Waals surface area (Å²) < 4.78 is 5.35. The fraction of sp³-hybridized carbons (Fsp3) is 0.467. The van der Waals surface area contributed by atoms with Gasteiger partial charge >= 0.3 is 0 Å². The number of hydrogen-bond donors (Lipinski definition) is 2. The van der Waals surface area contributed by atoms with Crippen LogP contribution in [0.3, 0.4) is 0 Å². The van der Waals surface area contributed by atoms with E-state index in [4.69, 9.17) is 10.5 Å². The third-order valence-electron chi connectivity index (χ3n) is 3.00. The van der Waals surface area contributed by atoms with E-state index in [1.807, 2.05) is 13.8 Å². The van der Waals surface area contributed by atoms with E-state index in [0.29, 0.717) is 11.4 Å². The molecule has 2 amide bonds. The maximum absolute atomic E-state index is 11.8. The van der Waals surface area contributed by atoms with Gasteiger partial charge in [-0.25, -0.2) is 0 Å². The second-order valence-electron chi connectivity index (χ2n) is 5.36. The van der Waals surface area contributed by atoms with Crippen LogP contribution in [-0.2, 0) is 9.59 Å². The Kier molecular flexibility index (Phi) is 6.17. The molecule has 0 aliphatic carbocycles. The summed E-state index contributed by atoms with van der Waals surface area (Å²) in [4.78, 5) is 24.7. The monoisotopic (exact) mass is 293 g/mol. The van der Waals surface area contributed by atoms with Crippen LogP contribution in [-0.4, -0.2) is 43.5 Å². The number of ether oxygens (including phenoxy) is 1. The van der Waals surface area contributed by atoms with Crippen LogP contribution in [0.1, 0.15) is 13.8 Å². The van der Waals surface area contributed by atoms with Crippen LogP contribution in [0.15, 0.2) is 24.3 Å². The largest absolute Gasteiger partial charge is 0.484 e. The molecule has 0 unspecified atom stereocenters. The first-order valence-electron chi connectivity index (χ1n) is 6.80. The highest BCUT2D eigenvalue weighted by molar-refractivity contribution is 5.94. The van der Waals surface area contributed by atoms with E-state index >= 15 is 0 Å². The maximum Gasteiger partial charge on any atom is 0.259 e. The molecule has 116 valence electrons. The van der Waals surface area contributed by atoms with Crippen molar-refractivity contribution in [2.75, 3.05) is 26.0 Å². The van der Waals surface area contributed by atoms with Gasteiger partial charge in [0, 0.05) is 19.8 Å². The van der Waals surface area contributed by atoms with Crippen LogP contribution < -0.4 is 15.8 Å². The Balaban J connectivity index is 2.54. The Hall–Kier alpha value is -2.08. The molecule has 6 heteroatoms. The van der Waals surface area contributed by atoms with Crippen LogP contribution >= 0.6 is 0 Å². The van der Waals surface area contributed by atoms with Gasteiger partial charge in [0.25, 0.3) is 5.91 Å². The van der Waals surface area contributed by atoms with Gasteiger partial charge in [-0.15, -0.1) is 0 Å². The molecule has 0 saturated carbocycles. The van der Waals surface area contributed by atoms with Crippen molar-refractivity contribution in [1.29, 1.82) is 0 Å². The Bertz CT molecular complexity index is 483. The van der Waals surface area contributed by atoms with Crippen molar-refractivity contribution < 1.29 is 14.3 Å². The molecule has 0 spiro atoms. The summed E-state index contributed by atoms with van der Waals surface area (Å²) in [6, 6.07) is 6.26. The molecule has 6 nitrogen and oxygen atoms in total. The van der Waals surface area contributed by atoms with E-state index in [1.54, 1.807) is 38.4 Å². The summed E-state index contributed by atoms with van der Waals surface area (Å²) in [5, 5.41) is 2.74. The summed E-state index contributed by atoms with van der Waals surface area (Å²) in [5.41, 5.74) is 6.41. The number of hydrogen-bond acceptors (Lipinski definition) is 4. The number of carbonyl (C=O) groups excluding carboxylic acids is 2. The predicted molar refractivity (Wildman–Crippen MR) is 82.1 cm³/mol. The fourth-order valence-electron chi connectivity index (χ4n) is 1.44. The molecule has 1 rings (SSSR count). The van der Waals surface area contributed by atoms with Crippen molar-refractivity contribution >= 4 is 17.5 Å². The first-order valence-corrected chi connectivity index (χ1v) is 6.80. The first kappa shape index (κ1) is 17.0. The van der Waals surface area contributed by atoms with Gasteiger partial charge in [0.05, 0.1) is 6.04 Å². The molecule has 1 aromatic carbocycles. The average molecular weight is 293 g/mol. The van der Waals surface area contributed by atoms with Gasteiger partial charge in [0.15, 0.2) is 6.61 Å². The topological polar surface area (TPSA) is 84.7 Å². The molecule has 3 N–H and O–H groups in total. The Labute approximate surface area is 125 Å². The highest BCUT2D eigenvalue weighted by atomic mass is 16.5. The van der Waals surface area contributed by atoms with E-state index in [-0.39, 0.29) is 24.3 Å². The average Bonchev–Trinajstić information content (AvgIpc) is 2.44. The molecule has 1 aromatic rings. The van der Waals surface area contributed by atoms with Crippen molar-refractivity contribution in [2.24, 2.45) is 11.7 Å². The molecule has 0 bridgehead atoms. The SMILES string of the molecule is CC(C)[C@H](N)C(=O)Nc1ccc(OCC(=O)N(C)C)cc1. The zero-order valence-corrected chi connectivity index (χ0v) is 12.9. The Morgan fingerprint density at radius 3 is 2.29 bits per heavy atom. The summed E-state index contributed by atoms with van der Waals surface area (Å²) in [5.74, 6) is 0.303. The number of benzene rings is 1. The minimum Gasteiger partial charge on any atom is -0.484 e. The van der Waals surface area contributed by atoms with E-state index in [1.165, 1.54) is 4.90 Å². The molecule has 0 heterocycles. The number of nitrogens with one attached hydrogen (secondary N) is 1. The van der Waals surface area contributed by atoms with Crippen LogP contribution in [0.25, 0.3) is 0 Å². The lowest BCUT2D eigenvalue weighted by Gasteiger charge is -2.15. The van der Waals surface area contributed by atoms with Gasteiger partial charge in [-0.05, 0) is 30.2 Å². The lowest BCUT2D eigenvalue weighted by molar-refractivity contribution is -0.130. The molecular formula is C15H23N3O3. The number of anilines is 1. The van der Waals surface area contributed by atoms with Crippen LogP contribution in [0.5, 0.6) is 5.75 Å². The summed E-state index contributed by atoms with van der Waals surface area (Å²) in [6.07, 6.45) is 0. The highest BCUT2D eigenvalue weighted by Gasteiger charge is 2.17. The number of rotatable bonds is 6. The minimum absolute atomic E-state index is 0.0169. The molecule has 0 saturated heterocycles. The van der Waals surface area contributed by atoms with Crippen molar-refractivity contribution in [3.05, 3.63) is 24.3 Å². The van der Waals surface area contributed by atoms with Gasteiger partial charge in [-0.1, -0.05) is 13.8 Å². The zero-order valence-electron chi connectivity index (χ0n) is 12.9. The van der Waals surface area contributed by atoms with Gasteiger partial charge in [0.2, 0.25) is 5.91 Å². The number of likely N-dealkylation sites (N-methyl/N-ethyl adjacent to an activating group) is 1. The smallest absolute Gasteiger partial charge is 0.259 e. The molecule has 0 aliphatic rings. The standard InChI is InChI=1S/C15H23N3O3/c1-10(2)14(16)15(20)17-11-5-7-12(8-6-11)21-9-13(19)18(3)4/h5-8,10,14H,9,16H2,1-4H3,(H,17,20)/t14-/m0/s1. The Morgan fingerprint density at radius 1 is 1.24 bits per heavy atom. The van der Waals surface area contributed by atoms with Gasteiger partial charge in [0.1, 0.15) is 5.75 Å². The summed E-state index contributed by atoms with van der Waals surface area (Å²) in [6.45, 7) is 3.77. The second kappa shape index (κ2) is 7.64. The molecule has 0 fully saturated rings. The Morgan fingerprint density at radius 2 is 1.81 bits per heavy atom. The zero-order chi connectivity index (χ0) is 16.0. The molecule has 0 aliphatic heterocycles. The normalized spacial score (nSPS) is 11.9. The van der Waals surface area contributed by atoms with Crippen LogP contribution in [0.4, 0.5) is 5.69 Å². The summed E-state index contributed by atoms with van der Waals surface area (Å²) >= 11 is 0. The number of nitrogens with two attached hydrogens (primary N) is 1. The highest BCUT2D eigenvalue weighted by Crippen LogP contribution is 2.16. The van der Waals surface area contributed by atoms with E-state index in [2.05, 4.69) is 5.32 Å².